The van der Waals surface area contributed by atoms with Crippen LogP contribution in [0.1, 0.15) is 23.0 Å². The first kappa shape index (κ1) is 17.9. The van der Waals surface area contributed by atoms with Crippen molar-refractivity contribution in [1.82, 2.24) is 15.6 Å². The zero-order chi connectivity index (χ0) is 18.5. The highest BCUT2D eigenvalue weighted by Gasteiger charge is 2.11. The van der Waals surface area contributed by atoms with Gasteiger partial charge in [0.25, 0.3) is 5.91 Å². The lowest BCUT2D eigenvalue weighted by molar-refractivity contribution is 0.0950. The molecular formula is C19H17BrN4O2. The number of hydrogen-bond donors (Lipinski definition) is 2. The van der Waals surface area contributed by atoms with Crippen LogP contribution >= 0.6 is 15.9 Å². The molecule has 6 nitrogen and oxygen atoms in total. The number of H-pyrrole nitrogens is 1. The van der Waals surface area contributed by atoms with Gasteiger partial charge in [-0.05, 0) is 55.0 Å². The summed E-state index contributed by atoms with van der Waals surface area (Å²) in [6.07, 6.45) is 0. The fourth-order valence-electron chi connectivity index (χ4n) is 2.30. The number of aromatic nitrogens is 2. The molecule has 26 heavy (non-hydrogen) atoms. The van der Waals surface area contributed by atoms with Crippen molar-refractivity contribution in [1.29, 1.82) is 0 Å². The van der Waals surface area contributed by atoms with Crippen LogP contribution in [0, 0.1) is 0 Å². The van der Waals surface area contributed by atoms with E-state index in [2.05, 4.69) is 36.7 Å². The number of hydrazone groups is 1. The molecule has 0 aliphatic rings. The Balaban J connectivity index is 1.68. The van der Waals surface area contributed by atoms with Gasteiger partial charge in [-0.3, -0.25) is 9.89 Å². The predicted octanol–water partition coefficient (Wildman–Crippen LogP) is 4.00. The fourth-order valence-corrected chi connectivity index (χ4v) is 2.56. The van der Waals surface area contributed by atoms with Gasteiger partial charge in [-0.1, -0.05) is 28.1 Å². The van der Waals surface area contributed by atoms with Crippen molar-refractivity contribution in [3.05, 3.63) is 70.3 Å². The van der Waals surface area contributed by atoms with Crippen LogP contribution in [-0.4, -0.2) is 28.9 Å². The molecule has 7 heteroatoms. The van der Waals surface area contributed by atoms with E-state index in [0.29, 0.717) is 17.1 Å². The molecule has 1 heterocycles. The number of carbonyl (C=O) groups excluding carboxylic acids is 1. The zero-order valence-electron chi connectivity index (χ0n) is 14.3. The maximum absolute atomic E-state index is 12.3. The van der Waals surface area contributed by atoms with Gasteiger partial charge in [0, 0.05) is 10.0 Å². The lowest BCUT2D eigenvalue weighted by Gasteiger charge is -2.03. The second-order valence-electron chi connectivity index (χ2n) is 5.54. The van der Waals surface area contributed by atoms with Crippen LogP contribution in [0.2, 0.25) is 0 Å². The lowest BCUT2D eigenvalue weighted by Crippen LogP contribution is -2.19. The number of hydrogen-bond acceptors (Lipinski definition) is 4. The van der Waals surface area contributed by atoms with Crippen LogP contribution in [0.25, 0.3) is 11.3 Å². The van der Waals surface area contributed by atoms with Crippen molar-refractivity contribution in [2.24, 2.45) is 5.10 Å². The van der Waals surface area contributed by atoms with E-state index in [-0.39, 0.29) is 5.91 Å². The van der Waals surface area contributed by atoms with E-state index in [4.69, 9.17) is 4.74 Å². The molecule has 0 aliphatic heterocycles. The summed E-state index contributed by atoms with van der Waals surface area (Å²) in [4.78, 5) is 12.3. The van der Waals surface area contributed by atoms with Crippen LogP contribution < -0.4 is 10.2 Å². The molecular weight excluding hydrogens is 396 g/mol. The predicted molar refractivity (Wildman–Crippen MR) is 104 cm³/mol. The number of nitrogens with one attached hydrogen (secondary N) is 2. The molecule has 0 unspecified atom stereocenters. The second-order valence-corrected chi connectivity index (χ2v) is 6.46. The zero-order valence-corrected chi connectivity index (χ0v) is 15.9. The summed E-state index contributed by atoms with van der Waals surface area (Å²) < 4.78 is 6.11. The molecule has 0 saturated heterocycles. The number of rotatable bonds is 5. The maximum Gasteiger partial charge on any atom is 0.289 e. The molecule has 0 fully saturated rings. The van der Waals surface area contributed by atoms with E-state index in [0.717, 1.165) is 21.3 Å². The molecule has 0 radical (unpaired) electrons. The Morgan fingerprint density at radius 2 is 1.85 bits per heavy atom. The van der Waals surface area contributed by atoms with Crippen molar-refractivity contribution in [2.75, 3.05) is 7.11 Å². The highest BCUT2D eigenvalue weighted by atomic mass is 79.9. The minimum atomic E-state index is -0.353. The quantitative estimate of drug-likeness (QED) is 0.490. The van der Waals surface area contributed by atoms with Gasteiger partial charge >= 0.3 is 0 Å². The molecule has 0 saturated carbocycles. The second kappa shape index (κ2) is 7.97. The standard InChI is InChI=1S/C19H17BrN4O2/c1-12(13-5-9-16(26-2)10-6-13)21-24-19(25)18-11-17(22-23-18)14-3-7-15(20)8-4-14/h3-11H,1-2H3,(H,22,23)(H,24,25)/b21-12+. The number of nitrogens with zero attached hydrogens (tertiary/aromatic N) is 2. The third-order valence-corrected chi connectivity index (χ3v) is 4.32. The molecule has 0 spiro atoms. The molecule has 3 aromatic rings. The van der Waals surface area contributed by atoms with E-state index in [1.807, 2.05) is 55.5 Å². The van der Waals surface area contributed by atoms with E-state index >= 15 is 0 Å². The Hall–Kier alpha value is -2.93. The molecule has 0 aliphatic carbocycles. The molecule has 0 atom stereocenters. The van der Waals surface area contributed by atoms with Gasteiger partial charge in [-0.25, -0.2) is 5.43 Å². The average Bonchev–Trinajstić information content (AvgIpc) is 3.16. The number of amides is 1. The minimum absolute atomic E-state index is 0.342. The Morgan fingerprint density at radius 3 is 2.50 bits per heavy atom. The van der Waals surface area contributed by atoms with Gasteiger partial charge in [0.1, 0.15) is 11.4 Å². The summed E-state index contributed by atoms with van der Waals surface area (Å²) >= 11 is 3.39. The van der Waals surface area contributed by atoms with Crippen LogP contribution in [0.3, 0.4) is 0 Å². The van der Waals surface area contributed by atoms with Gasteiger partial charge in [-0.2, -0.15) is 10.2 Å². The summed E-state index contributed by atoms with van der Waals surface area (Å²) in [6.45, 7) is 1.82. The first-order valence-electron chi connectivity index (χ1n) is 7.87. The van der Waals surface area contributed by atoms with Crippen LogP contribution in [0.4, 0.5) is 0 Å². The van der Waals surface area contributed by atoms with Gasteiger partial charge in [0.15, 0.2) is 0 Å². The number of benzene rings is 2. The van der Waals surface area contributed by atoms with Crippen LogP contribution in [-0.2, 0) is 0 Å². The number of ether oxygens (including phenoxy) is 1. The SMILES string of the molecule is COc1ccc(/C(C)=N/NC(=O)c2cc(-c3ccc(Br)cc3)n[nH]2)cc1. The Kier molecular flexibility index (Phi) is 5.48. The molecule has 132 valence electrons. The summed E-state index contributed by atoms with van der Waals surface area (Å²) in [6, 6.07) is 16.8. The largest absolute Gasteiger partial charge is 0.497 e. The third-order valence-electron chi connectivity index (χ3n) is 3.80. The first-order valence-corrected chi connectivity index (χ1v) is 8.66. The topological polar surface area (TPSA) is 79.4 Å². The van der Waals surface area contributed by atoms with Crippen molar-refractivity contribution in [2.45, 2.75) is 6.92 Å². The van der Waals surface area contributed by atoms with Crippen LogP contribution in [0.15, 0.2) is 64.2 Å². The van der Waals surface area contributed by atoms with E-state index < -0.39 is 0 Å². The molecule has 2 N–H and O–H groups in total. The van der Waals surface area contributed by atoms with Crippen LogP contribution in [0.5, 0.6) is 5.75 Å². The Morgan fingerprint density at radius 1 is 1.15 bits per heavy atom. The third kappa shape index (κ3) is 4.18. The average molecular weight is 413 g/mol. The highest BCUT2D eigenvalue weighted by Crippen LogP contribution is 2.20. The first-order chi connectivity index (χ1) is 12.6. The van der Waals surface area contributed by atoms with Crippen molar-refractivity contribution in [3.63, 3.8) is 0 Å². The molecule has 1 amide bonds. The monoisotopic (exact) mass is 412 g/mol. The number of halogens is 1. The fraction of sp³-hybridized carbons (Fsp3) is 0.105. The smallest absolute Gasteiger partial charge is 0.289 e. The summed E-state index contributed by atoms with van der Waals surface area (Å²) in [7, 11) is 1.61. The summed E-state index contributed by atoms with van der Waals surface area (Å²) in [5.41, 5.74) is 6.07. The van der Waals surface area contributed by atoms with Gasteiger partial charge < -0.3 is 4.74 Å². The number of carbonyl (C=O) groups is 1. The Bertz CT molecular complexity index is 931. The van der Waals surface area contributed by atoms with Gasteiger partial charge in [0.2, 0.25) is 0 Å². The number of aromatic amines is 1. The number of methoxy groups -OCH3 is 1. The lowest BCUT2D eigenvalue weighted by atomic mass is 10.1. The van der Waals surface area contributed by atoms with E-state index in [9.17, 15) is 4.79 Å². The minimum Gasteiger partial charge on any atom is -0.497 e. The van der Waals surface area contributed by atoms with E-state index in [1.54, 1.807) is 13.2 Å². The van der Waals surface area contributed by atoms with Gasteiger partial charge in [0.05, 0.1) is 18.5 Å². The summed E-state index contributed by atoms with van der Waals surface area (Å²) in [5, 5.41) is 11.1. The van der Waals surface area contributed by atoms with Gasteiger partial charge in [-0.15, -0.1) is 0 Å². The molecule has 0 bridgehead atoms. The van der Waals surface area contributed by atoms with Crippen molar-refractivity contribution in [3.8, 4) is 17.0 Å². The normalized spacial score (nSPS) is 11.3. The van der Waals surface area contributed by atoms with Crippen molar-refractivity contribution < 1.29 is 9.53 Å². The highest BCUT2D eigenvalue weighted by molar-refractivity contribution is 9.10. The Labute approximate surface area is 159 Å². The maximum atomic E-state index is 12.3. The van der Waals surface area contributed by atoms with E-state index in [1.165, 1.54) is 0 Å². The molecule has 2 aromatic carbocycles. The molecule has 3 rings (SSSR count). The summed E-state index contributed by atoms with van der Waals surface area (Å²) in [5.74, 6) is 0.414. The molecule has 1 aromatic heterocycles. The van der Waals surface area contributed by atoms with Crippen molar-refractivity contribution >= 4 is 27.5 Å².